The van der Waals surface area contributed by atoms with Gasteiger partial charge >= 0.3 is 0 Å². The standard InChI is InChI=1S/C24H35N7O/c1-29-23-21(22(25)28-24(29)26-19-9-2-3-10-19)27-20(32)16-31(23)15-18-8-6-7-17(13-18)14-30-11-4-5-12-30/h6-8,13,19,21,23H,2-5,9-12,14-16H2,1H3,(H,27,32)(H2,25,26,28). The van der Waals surface area contributed by atoms with Crippen molar-refractivity contribution in [2.75, 3.05) is 26.7 Å². The lowest BCUT2D eigenvalue weighted by atomic mass is 10.0. The van der Waals surface area contributed by atoms with E-state index < -0.39 is 0 Å². The lowest BCUT2D eigenvalue weighted by Gasteiger charge is -2.47. The van der Waals surface area contributed by atoms with Gasteiger partial charge in [-0.05, 0) is 49.9 Å². The minimum absolute atomic E-state index is 0.0118. The van der Waals surface area contributed by atoms with Crippen LogP contribution >= 0.6 is 0 Å². The topological polar surface area (TPSA) is 89.6 Å². The number of likely N-dealkylation sites (N-methyl/N-ethyl adjacent to an activating group) is 1. The number of nitrogens with one attached hydrogen (secondary N) is 1. The van der Waals surface area contributed by atoms with Gasteiger partial charge in [-0.25, -0.2) is 4.99 Å². The maximum Gasteiger partial charge on any atom is 0.234 e. The van der Waals surface area contributed by atoms with E-state index in [1.165, 1.54) is 49.9 Å². The quantitative estimate of drug-likeness (QED) is 0.729. The van der Waals surface area contributed by atoms with Crippen molar-refractivity contribution in [3.05, 3.63) is 35.4 Å². The van der Waals surface area contributed by atoms with E-state index in [0.717, 1.165) is 19.4 Å². The van der Waals surface area contributed by atoms with Crippen LogP contribution in [0.4, 0.5) is 0 Å². The number of aliphatic imine (C=N–C) groups is 2. The molecule has 4 aliphatic rings. The van der Waals surface area contributed by atoms with Gasteiger partial charge in [-0.3, -0.25) is 14.6 Å². The summed E-state index contributed by atoms with van der Waals surface area (Å²) in [6.45, 7) is 4.40. The number of hydrogen-bond donors (Lipinski definition) is 2. The Morgan fingerprint density at radius 2 is 1.84 bits per heavy atom. The van der Waals surface area contributed by atoms with Crippen molar-refractivity contribution in [1.29, 1.82) is 0 Å². The smallest absolute Gasteiger partial charge is 0.234 e. The lowest BCUT2D eigenvalue weighted by Crippen LogP contribution is -2.71. The predicted molar refractivity (Wildman–Crippen MR) is 126 cm³/mol. The molecule has 1 amide bonds. The molecule has 1 aromatic rings. The maximum atomic E-state index is 12.5. The number of piperazine rings is 1. The van der Waals surface area contributed by atoms with Gasteiger partial charge in [-0.2, -0.15) is 4.99 Å². The van der Waals surface area contributed by atoms with E-state index in [1.807, 2.05) is 7.05 Å². The van der Waals surface area contributed by atoms with E-state index in [2.05, 4.69) is 49.3 Å². The number of nitrogens with two attached hydrogens (primary N) is 1. The minimum Gasteiger partial charge on any atom is -0.385 e. The third-order valence-electron chi connectivity index (χ3n) is 7.20. The molecule has 0 aromatic heterocycles. The molecule has 8 heteroatoms. The van der Waals surface area contributed by atoms with E-state index in [1.54, 1.807) is 0 Å². The summed E-state index contributed by atoms with van der Waals surface area (Å²) in [5, 5.41) is 3.05. The minimum atomic E-state index is -0.323. The molecule has 1 saturated carbocycles. The summed E-state index contributed by atoms with van der Waals surface area (Å²) in [7, 11) is 2.02. The second-order valence-electron chi connectivity index (χ2n) is 9.68. The molecule has 3 heterocycles. The van der Waals surface area contributed by atoms with Crippen molar-refractivity contribution in [3.8, 4) is 0 Å². The molecule has 5 rings (SSSR count). The molecule has 3 aliphatic heterocycles. The molecular formula is C24H35N7O. The zero-order valence-corrected chi connectivity index (χ0v) is 19.0. The first-order valence-electron chi connectivity index (χ1n) is 12.0. The highest BCUT2D eigenvalue weighted by atomic mass is 16.2. The van der Waals surface area contributed by atoms with Crippen LogP contribution in [0.5, 0.6) is 0 Å². The fourth-order valence-corrected chi connectivity index (χ4v) is 5.59. The Balaban J connectivity index is 1.36. The first-order valence-corrected chi connectivity index (χ1v) is 12.0. The van der Waals surface area contributed by atoms with Gasteiger partial charge in [-0.1, -0.05) is 37.1 Å². The molecule has 2 unspecified atom stereocenters. The Kier molecular flexibility index (Phi) is 6.15. The van der Waals surface area contributed by atoms with Crippen molar-refractivity contribution >= 4 is 17.7 Å². The Hall–Kier alpha value is -2.45. The van der Waals surface area contributed by atoms with Gasteiger partial charge in [0.25, 0.3) is 0 Å². The van der Waals surface area contributed by atoms with Crippen molar-refractivity contribution in [1.82, 2.24) is 20.0 Å². The predicted octanol–water partition coefficient (Wildman–Crippen LogP) is 1.51. The summed E-state index contributed by atoms with van der Waals surface area (Å²) in [4.78, 5) is 28.8. The van der Waals surface area contributed by atoms with E-state index >= 15 is 0 Å². The van der Waals surface area contributed by atoms with Gasteiger partial charge in [0.1, 0.15) is 18.0 Å². The van der Waals surface area contributed by atoms with Crippen molar-refractivity contribution < 1.29 is 4.79 Å². The molecule has 2 saturated heterocycles. The molecule has 0 radical (unpaired) electrons. The maximum absolute atomic E-state index is 12.5. The molecule has 1 aromatic carbocycles. The molecule has 1 aliphatic carbocycles. The monoisotopic (exact) mass is 437 g/mol. The van der Waals surface area contributed by atoms with Crippen LogP contribution in [0.1, 0.15) is 49.7 Å². The molecule has 0 bridgehead atoms. The summed E-state index contributed by atoms with van der Waals surface area (Å²) in [5.74, 6) is 1.13. The molecule has 32 heavy (non-hydrogen) atoms. The third-order valence-corrected chi connectivity index (χ3v) is 7.20. The molecular weight excluding hydrogens is 402 g/mol. The fourth-order valence-electron chi connectivity index (χ4n) is 5.59. The molecule has 3 N–H and O–H groups in total. The number of carbonyl (C=O) groups excluding carboxylic acids is 1. The number of likely N-dealkylation sites (tertiary alicyclic amines) is 1. The fraction of sp³-hybridized carbons (Fsp3) is 0.625. The molecule has 2 atom stereocenters. The van der Waals surface area contributed by atoms with Crippen LogP contribution in [-0.4, -0.2) is 77.3 Å². The Labute approximate surface area is 190 Å². The Bertz CT molecular complexity index is 901. The van der Waals surface area contributed by atoms with E-state index in [9.17, 15) is 4.79 Å². The number of fused-ring (bicyclic) bond motifs is 1. The van der Waals surface area contributed by atoms with E-state index in [0.29, 0.717) is 30.9 Å². The van der Waals surface area contributed by atoms with Crippen LogP contribution in [0.3, 0.4) is 0 Å². The summed E-state index contributed by atoms with van der Waals surface area (Å²) in [6.07, 6.45) is 7.19. The van der Waals surface area contributed by atoms with Gasteiger partial charge in [0.2, 0.25) is 11.9 Å². The number of carbonyl (C=O) groups is 1. The van der Waals surface area contributed by atoms with Crippen molar-refractivity contribution in [2.45, 2.75) is 69.9 Å². The number of nitrogens with zero attached hydrogens (tertiary/aromatic N) is 5. The first-order chi connectivity index (χ1) is 15.6. The number of rotatable bonds is 5. The summed E-state index contributed by atoms with van der Waals surface area (Å²) in [6, 6.07) is 8.79. The van der Waals surface area contributed by atoms with Crippen molar-refractivity contribution in [3.63, 3.8) is 0 Å². The van der Waals surface area contributed by atoms with Crippen LogP contribution in [0, 0.1) is 0 Å². The largest absolute Gasteiger partial charge is 0.385 e. The SMILES string of the molecule is CN1C(=NC2CCCC2)N=C(N)C2NC(=O)CN(Cc3cccc(CN4CCCC4)c3)C21. The summed E-state index contributed by atoms with van der Waals surface area (Å²) in [5.41, 5.74) is 8.90. The van der Waals surface area contributed by atoms with Crippen molar-refractivity contribution in [2.24, 2.45) is 15.7 Å². The van der Waals surface area contributed by atoms with E-state index in [-0.39, 0.29) is 18.1 Å². The van der Waals surface area contributed by atoms with Crippen LogP contribution in [0.15, 0.2) is 34.3 Å². The highest BCUT2D eigenvalue weighted by Gasteiger charge is 2.43. The lowest BCUT2D eigenvalue weighted by molar-refractivity contribution is -0.129. The van der Waals surface area contributed by atoms with Gasteiger partial charge in [0.05, 0.1) is 12.6 Å². The number of benzene rings is 1. The van der Waals surface area contributed by atoms with Crippen LogP contribution < -0.4 is 11.1 Å². The van der Waals surface area contributed by atoms with Crippen LogP contribution in [0.2, 0.25) is 0 Å². The molecule has 8 nitrogen and oxygen atoms in total. The normalized spacial score (nSPS) is 28.8. The van der Waals surface area contributed by atoms with E-state index in [4.69, 9.17) is 10.7 Å². The molecule has 0 spiro atoms. The number of amidine groups is 1. The highest BCUT2D eigenvalue weighted by Crippen LogP contribution is 2.25. The average molecular weight is 438 g/mol. The first kappa shape index (κ1) is 21.4. The zero-order chi connectivity index (χ0) is 22.1. The van der Waals surface area contributed by atoms with Crippen LogP contribution in [-0.2, 0) is 17.9 Å². The zero-order valence-electron chi connectivity index (χ0n) is 19.0. The van der Waals surface area contributed by atoms with Gasteiger partial charge in [0.15, 0.2) is 0 Å². The molecule has 172 valence electrons. The average Bonchev–Trinajstić information content (AvgIpc) is 3.46. The summed E-state index contributed by atoms with van der Waals surface area (Å²) >= 11 is 0. The van der Waals surface area contributed by atoms with Gasteiger partial charge < -0.3 is 16.0 Å². The second-order valence-corrected chi connectivity index (χ2v) is 9.68. The van der Waals surface area contributed by atoms with Gasteiger partial charge in [-0.15, -0.1) is 0 Å². The Morgan fingerprint density at radius 1 is 1.12 bits per heavy atom. The molecule has 3 fully saturated rings. The second kappa shape index (κ2) is 9.19. The Morgan fingerprint density at radius 3 is 2.59 bits per heavy atom. The number of guanidine groups is 1. The van der Waals surface area contributed by atoms with Crippen LogP contribution in [0.25, 0.3) is 0 Å². The third kappa shape index (κ3) is 4.52. The highest BCUT2D eigenvalue weighted by molar-refractivity contribution is 6.03. The van der Waals surface area contributed by atoms with Gasteiger partial charge in [0, 0.05) is 20.1 Å². The number of amides is 1. The summed E-state index contributed by atoms with van der Waals surface area (Å²) < 4.78 is 0. The number of hydrogen-bond acceptors (Lipinski definition) is 5.